The Morgan fingerprint density at radius 2 is 2.06 bits per heavy atom. The van der Waals surface area contributed by atoms with Crippen LogP contribution in [0, 0.1) is 0 Å². The van der Waals surface area contributed by atoms with Crippen molar-refractivity contribution in [2.75, 3.05) is 13.7 Å². The van der Waals surface area contributed by atoms with Crippen molar-refractivity contribution >= 4 is 0 Å². The summed E-state index contributed by atoms with van der Waals surface area (Å²) in [5.41, 5.74) is 1.01. The molecule has 100 valence electrons. The molecular weight excluding hydrogens is 239 g/mol. The maximum atomic E-state index is 13.6. The molecule has 5 heteroatoms. The minimum atomic E-state index is -1.48. The highest BCUT2D eigenvalue weighted by Crippen LogP contribution is 2.24. The molecule has 1 N–H and O–H groups in total. The second kappa shape index (κ2) is 6.24. The van der Waals surface area contributed by atoms with Gasteiger partial charge in [-0.2, -0.15) is 0 Å². The van der Waals surface area contributed by atoms with E-state index in [4.69, 9.17) is 14.2 Å². The van der Waals surface area contributed by atoms with E-state index in [1.807, 2.05) is 30.3 Å². The molecule has 0 bridgehead atoms. The van der Waals surface area contributed by atoms with Crippen LogP contribution in [0.15, 0.2) is 30.3 Å². The number of hydrogen-bond donors (Lipinski definition) is 1. The fourth-order valence-electron chi connectivity index (χ4n) is 1.89. The highest BCUT2D eigenvalue weighted by molar-refractivity contribution is 5.13. The maximum Gasteiger partial charge on any atom is 0.186 e. The van der Waals surface area contributed by atoms with Crippen molar-refractivity contribution in [2.24, 2.45) is 0 Å². The summed E-state index contributed by atoms with van der Waals surface area (Å²) in [5, 5.41) is 9.46. The van der Waals surface area contributed by atoms with Crippen LogP contribution in [0.25, 0.3) is 0 Å². The van der Waals surface area contributed by atoms with E-state index in [1.54, 1.807) is 0 Å². The first-order valence-electron chi connectivity index (χ1n) is 5.84. The third-order valence-electron chi connectivity index (χ3n) is 2.90. The summed E-state index contributed by atoms with van der Waals surface area (Å²) in [6.45, 7) is 0.480. The minimum Gasteiger partial charge on any atom is -0.385 e. The number of hydrogen-bond acceptors (Lipinski definition) is 4. The monoisotopic (exact) mass is 256 g/mol. The smallest absolute Gasteiger partial charge is 0.186 e. The molecule has 1 heterocycles. The number of aliphatic hydroxyl groups is 1. The van der Waals surface area contributed by atoms with Crippen LogP contribution >= 0.6 is 0 Å². The fraction of sp³-hybridized carbons (Fsp3) is 0.538. The van der Waals surface area contributed by atoms with Crippen LogP contribution in [0.5, 0.6) is 0 Å². The summed E-state index contributed by atoms with van der Waals surface area (Å²) in [7, 11) is 1.37. The zero-order valence-electron chi connectivity index (χ0n) is 10.2. The molecule has 0 spiro atoms. The Morgan fingerprint density at radius 1 is 1.33 bits per heavy atom. The standard InChI is InChI=1S/C13H17FO4/c1-16-13-12(15)11(14)10(18-13)8-17-7-9-5-3-2-4-6-9/h2-6,10-13,15H,7-8H2,1H3/t10-,11-,12-,13-/m1/s1. The SMILES string of the molecule is CO[C@@H]1O[C@H](COCc2ccccc2)[C@@H](F)[C@H]1O. The quantitative estimate of drug-likeness (QED) is 0.862. The molecule has 4 nitrogen and oxygen atoms in total. The van der Waals surface area contributed by atoms with Gasteiger partial charge in [0.1, 0.15) is 12.2 Å². The first-order valence-corrected chi connectivity index (χ1v) is 5.84. The molecule has 1 aliphatic heterocycles. The molecule has 2 rings (SSSR count). The molecule has 1 saturated heterocycles. The first kappa shape index (κ1) is 13.4. The molecule has 1 aromatic carbocycles. The van der Waals surface area contributed by atoms with Gasteiger partial charge in [-0.25, -0.2) is 4.39 Å². The normalized spacial score (nSPS) is 31.7. The van der Waals surface area contributed by atoms with Crippen molar-refractivity contribution < 1.29 is 23.7 Å². The molecule has 0 saturated carbocycles. The molecule has 4 atom stereocenters. The van der Waals surface area contributed by atoms with E-state index in [0.29, 0.717) is 6.61 Å². The largest absolute Gasteiger partial charge is 0.385 e. The number of benzene rings is 1. The highest BCUT2D eigenvalue weighted by Gasteiger charge is 2.44. The van der Waals surface area contributed by atoms with Gasteiger partial charge >= 0.3 is 0 Å². The number of halogens is 1. The Balaban J connectivity index is 1.77. The first-order chi connectivity index (χ1) is 8.72. The Kier molecular flexibility index (Phi) is 4.66. The minimum absolute atomic E-state index is 0.0903. The van der Waals surface area contributed by atoms with Gasteiger partial charge < -0.3 is 19.3 Å². The van der Waals surface area contributed by atoms with E-state index >= 15 is 0 Å². The second-order valence-electron chi connectivity index (χ2n) is 4.21. The summed E-state index contributed by atoms with van der Waals surface area (Å²) in [4.78, 5) is 0. The van der Waals surface area contributed by atoms with Gasteiger partial charge in [0.15, 0.2) is 12.5 Å². The zero-order valence-corrected chi connectivity index (χ0v) is 10.2. The molecule has 0 amide bonds. The average molecular weight is 256 g/mol. The Morgan fingerprint density at radius 3 is 2.67 bits per heavy atom. The van der Waals surface area contributed by atoms with Gasteiger partial charge in [-0.1, -0.05) is 30.3 Å². The van der Waals surface area contributed by atoms with Crippen molar-refractivity contribution in [3.05, 3.63) is 35.9 Å². The summed E-state index contributed by atoms with van der Waals surface area (Å²) in [6, 6.07) is 9.59. The van der Waals surface area contributed by atoms with Gasteiger partial charge in [-0.15, -0.1) is 0 Å². The lowest BCUT2D eigenvalue weighted by Gasteiger charge is -2.13. The lowest BCUT2D eigenvalue weighted by molar-refractivity contribution is -0.156. The number of alkyl halides is 1. The molecule has 1 aromatic rings. The molecule has 0 radical (unpaired) electrons. The average Bonchev–Trinajstić information content (AvgIpc) is 2.68. The Hall–Kier alpha value is -1.01. The number of rotatable bonds is 5. The lowest BCUT2D eigenvalue weighted by atomic mass is 10.2. The van der Waals surface area contributed by atoms with Crippen LogP contribution in [0.1, 0.15) is 5.56 Å². The van der Waals surface area contributed by atoms with E-state index < -0.39 is 24.7 Å². The van der Waals surface area contributed by atoms with Crippen LogP contribution < -0.4 is 0 Å². The topological polar surface area (TPSA) is 47.9 Å². The third kappa shape index (κ3) is 3.05. The van der Waals surface area contributed by atoms with Crippen LogP contribution in [0.4, 0.5) is 4.39 Å². The van der Waals surface area contributed by atoms with E-state index in [0.717, 1.165) is 5.56 Å². The second-order valence-corrected chi connectivity index (χ2v) is 4.21. The predicted octanol–water partition coefficient (Wildman–Crippen LogP) is 1.27. The van der Waals surface area contributed by atoms with E-state index in [1.165, 1.54) is 7.11 Å². The summed E-state index contributed by atoms with van der Waals surface area (Å²) < 4.78 is 29.0. The number of ether oxygens (including phenoxy) is 3. The van der Waals surface area contributed by atoms with Crippen molar-refractivity contribution in [1.82, 2.24) is 0 Å². The summed E-state index contributed by atoms with van der Waals surface area (Å²) in [6.07, 6.45) is -4.43. The fourth-order valence-corrected chi connectivity index (χ4v) is 1.89. The highest BCUT2D eigenvalue weighted by atomic mass is 19.1. The van der Waals surface area contributed by atoms with Gasteiger partial charge in [0.05, 0.1) is 13.2 Å². The summed E-state index contributed by atoms with van der Waals surface area (Å²) >= 11 is 0. The van der Waals surface area contributed by atoms with Crippen LogP contribution in [-0.2, 0) is 20.8 Å². The van der Waals surface area contributed by atoms with Gasteiger partial charge in [0, 0.05) is 7.11 Å². The summed E-state index contributed by atoms with van der Waals surface area (Å²) in [5.74, 6) is 0. The molecule has 18 heavy (non-hydrogen) atoms. The van der Waals surface area contributed by atoms with E-state index in [2.05, 4.69) is 0 Å². The van der Waals surface area contributed by atoms with Gasteiger partial charge in [0.2, 0.25) is 0 Å². The molecule has 1 aliphatic rings. The number of methoxy groups -OCH3 is 1. The molecule has 0 unspecified atom stereocenters. The molecular formula is C13H17FO4. The number of aliphatic hydroxyl groups excluding tert-OH is 1. The lowest BCUT2D eigenvalue weighted by Crippen LogP contribution is -2.31. The third-order valence-corrected chi connectivity index (χ3v) is 2.90. The van der Waals surface area contributed by atoms with Crippen LogP contribution in [0.2, 0.25) is 0 Å². The molecule has 0 aromatic heterocycles. The van der Waals surface area contributed by atoms with Crippen molar-refractivity contribution in [1.29, 1.82) is 0 Å². The van der Waals surface area contributed by atoms with Crippen LogP contribution in [0.3, 0.4) is 0 Å². The molecule has 1 fully saturated rings. The Labute approximate surface area is 105 Å². The van der Waals surface area contributed by atoms with Crippen molar-refractivity contribution in [2.45, 2.75) is 31.3 Å². The van der Waals surface area contributed by atoms with E-state index in [-0.39, 0.29) is 6.61 Å². The van der Waals surface area contributed by atoms with Crippen LogP contribution in [-0.4, -0.2) is 43.5 Å². The zero-order chi connectivity index (χ0) is 13.0. The molecule has 0 aliphatic carbocycles. The van der Waals surface area contributed by atoms with Crippen molar-refractivity contribution in [3.63, 3.8) is 0 Å². The Bertz CT molecular complexity index is 359. The van der Waals surface area contributed by atoms with E-state index in [9.17, 15) is 9.50 Å². The van der Waals surface area contributed by atoms with Crippen molar-refractivity contribution in [3.8, 4) is 0 Å². The van der Waals surface area contributed by atoms with Gasteiger partial charge in [-0.05, 0) is 5.56 Å². The van der Waals surface area contributed by atoms with Gasteiger partial charge in [0.25, 0.3) is 0 Å². The van der Waals surface area contributed by atoms with Gasteiger partial charge in [-0.3, -0.25) is 0 Å². The predicted molar refractivity (Wildman–Crippen MR) is 62.7 cm³/mol. The maximum absolute atomic E-state index is 13.6.